The predicted molar refractivity (Wildman–Crippen MR) is 114 cm³/mol. The number of benzene rings is 2. The summed E-state index contributed by atoms with van der Waals surface area (Å²) in [7, 11) is 0. The van der Waals surface area contributed by atoms with E-state index in [-0.39, 0.29) is 31.6 Å². The predicted octanol–water partition coefficient (Wildman–Crippen LogP) is 7.56. The first kappa shape index (κ1) is 25.0. The third-order valence-electron chi connectivity index (χ3n) is 6.04. The molecule has 0 aromatic heterocycles. The first-order valence-corrected chi connectivity index (χ1v) is 11.1. The lowest BCUT2D eigenvalue weighted by atomic mass is 9.76. The second kappa shape index (κ2) is 10.5. The van der Waals surface area contributed by atoms with E-state index < -0.39 is 24.0 Å². The average Bonchev–Trinajstić information content (AvgIpc) is 2.80. The molecule has 3 nitrogen and oxygen atoms in total. The lowest BCUT2D eigenvalue weighted by Crippen LogP contribution is -2.44. The minimum Gasteiger partial charge on any atom is -0.494 e. The quantitative estimate of drug-likeness (QED) is 0.173. The Balaban J connectivity index is 1.53. The number of unbranched alkanes of at least 4 members (excludes halogenated alkanes) is 1. The van der Waals surface area contributed by atoms with E-state index in [0.29, 0.717) is 23.7 Å². The van der Waals surface area contributed by atoms with Gasteiger partial charge < -0.3 is 9.47 Å². The average molecular weight is 470 g/mol. The van der Waals surface area contributed by atoms with Crippen molar-refractivity contribution in [3.8, 4) is 11.5 Å². The summed E-state index contributed by atoms with van der Waals surface area (Å²) in [6, 6.07) is 13.3. The lowest BCUT2D eigenvalue weighted by Gasteiger charge is -2.34. The van der Waals surface area contributed by atoms with Gasteiger partial charge in [0.15, 0.2) is 0 Å². The van der Waals surface area contributed by atoms with Gasteiger partial charge in [-0.3, -0.25) is 0 Å². The van der Waals surface area contributed by atoms with Crippen LogP contribution in [0.5, 0.6) is 11.5 Å². The zero-order chi connectivity index (χ0) is 24.1. The molecule has 2 aromatic carbocycles. The van der Waals surface area contributed by atoms with E-state index in [1.165, 1.54) is 0 Å². The fourth-order valence-electron chi connectivity index (χ4n) is 4.02. The molecule has 1 fully saturated rings. The maximum absolute atomic E-state index is 13.6. The molecule has 0 saturated heterocycles. The highest BCUT2D eigenvalue weighted by atomic mass is 19.4. The molecule has 0 N–H and O–H groups in total. The molecule has 1 aliphatic carbocycles. The summed E-state index contributed by atoms with van der Waals surface area (Å²) in [6.07, 6.45) is -3.44. The topological polar surface area (TPSA) is 35.5 Å². The van der Waals surface area contributed by atoms with Crippen molar-refractivity contribution < 1.29 is 36.2 Å². The van der Waals surface area contributed by atoms with E-state index in [0.717, 1.165) is 18.4 Å². The molecule has 3 rings (SSSR count). The van der Waals surface area contributed by atoms with Crippen molar-refractivity contribution in [3.05, 3.63) is 59.7 Å². The van der Waals surface area contributed by atoms with Gasteiger partial charge in [-0.25, -0.2) is 4.79 Å². The van der Waals surface area contributed by atoms with Crippen LogP contribution in [0.15, 0.2) is 48.5 Å². The molecule has 0 heterocycles. The first-order valence-electron chi connectivity index (χ1n) is 11.1. The SMILES string of the molecule is CCCCOc1ccc(OC(=O)c2ccc(C3CCC(C(F)(F)C(F)(F)F)CC3)cc2)cc1. The monoisotopic (exact) mass is 470 g/mol. The summed E-state index contributed by atoms with van der Waals surface area (Å²) in [6.45, 7) is 2.69. The second-order valence-corrected chi connectivity index (χ2v) is 8.35. The van der Waals surface area contributed by atoms with Crippen LogP contribution in [-0.4, -0.2) is 24.7 Å². The summed E-state index contributed by atoms with van der Waals surface area (Å²) in [5.41, 5.74) is 1.13. The molecular formula is C25H27F5O3. The van der Waals surface area contributed by atoms with Crippen molar-refractivity contribution in [2.24, 2.45) is 5.92 Å². The number of ether oxygens (including phenoxy) is 2. The van der Waals surface area contributed by atoms with Crippen molar-refractivity contribution in [1.29, 1.82) is 0 Å². The number of carbonyl (C=O) groups is 1. The third-order valence-corrected chi connectivity index (χ3v) is 6.04. The van der Waals surface area contributed by atoms with E-state index in [4.69, 9.17) is 9.47 Å². The van der Waals surface area contributed by atoms with Crippen LogP contribution in [0.25, 0.3) is 0 Å². The van der Waals surface area contributed by atoms with E-state index in [9.17, 15) is 26.7 Å². The molecule has 0 spiro atoms. The number of rotatable bonds is 8. The summed E-state index contributed by atoms with van der Waals surface area (Å²) in [4.78, 5) is 12.4. The van der Waals surface area contributed by atoms with Gasteiger partial charge in [0, 0.05) is 5.92 Å². The van der Waals surface area contributed by atoms with E-state index in [1.807, 2.05) is 0 Å². The van der Waals surface area contributed by atoms with Crippen LogP contribution in [-0.2, 0) is 0 Å². The molecule has 0 radical (unpaired) electrons. The van der Waals surface area contributed by atoms with Gasteiger partial charge in [0.2, 0.25) is 0 Å². The molecule has 0 bridgehead atoms. The number of hydrogen-bond donors (Lipinski definition) is 0. The van der Waals surface area contributed by atoms with Gasteiger partial charge in [-0.1, -0.05) is 25.5 Å². The number of hydrogen-bond acceptors (Lipinski definition) is 3. The maximum atomic E-state index is 13.6. The lowest BCUT2D eigenvalue weighted by molar-refractivity contribution is -0.305. The number of alkyl halides is 5. The Bertz CT molecular complexity index is 899. The van der Waals surface area contributed by atoms with Gasteiger partial charge >= 0.3 is 18.1 Å². The molecule has 0 unspecified atom stereocenters. The van der Waals surface area contributed by atoms with Crippen LogP contribution in [0, 0.1) is 5.92 Å². The summed E-state index contributed by atoms with van der Waals surface area (Å²) < 4.78 is 75.9. The highest BCUT2D eigenvalue weighted by molar-refractivity contribution is 5.91. The Morgan fingerprint density at radius 2 is 1.45 bits per heavy atom. The van der Waals surface area contributed by atoms with Crippen molar-refractivity contribution in [3.63, 3.8) is 0 Å². The Kier molecular flexibility index (Phi) is 7.97. The van der Waals surface area contributed by atoms with Crippen LogP contribution in [0.3, 0.4) is 0 Å². The highest BCUT2D eigenvalue weighted by Crippen LogP contribution is 2.49. The molecule has 33 heavy (non-hydrogen) atoms. The number of carbonyl (C=O) groups excluding carboxylic acids is 1. The van der Waals surface area contributed by atoms with E-state index in [2.05, 4.69) is 6.92 Å². The summed E-state index contributed by atoms with van der Waals surface area (Å²) >= 11 is 0. The van der Waals surface area contributed by atoms with Crippen molar-refractivity contribution in [2.45, 2.75) is 63.5 Å². The Hall–Kier alpha value is -2.64. The van der Waals surface area contributed by atoms with Gasteiger partial charge in [-0.2, -0.15) is 22.0 Å². The Morgan fingerprint density at radius 1 is 0.879 bits per heavy atom. The highest BCUT2D eigenvalue weighted by Gasteiger charge is 2.62. The van der Waals surface area contributed by atoms with E-state index in [1.54, 1.807) is 48.5 Å². The van der Waals surface area contributed by atoms with Crippen LogP contribution >= 0.6 is 0 Å². The largest absolute Gasteiger partial charge is 0.494 e. The van der Waals surface area contributed by atoms with Gasteiger partial charge in [-0.05, 0) is 80.0 Å². The minimum absolute atomic E-state index is 0.115. The van der Waals surface area contributed by atoms with Gasteiger partial charge in [-0.15, -0.1) is 0 Å². The number of esters is 1. The minimum atomic E-state index is -5.52. The van der Waals surface area contributed by atoms with Gasteiger partial charge in [0.1, 0.15) is 11.5 Å². The third kappa shape index (κ3) is 6.24. The molecule has 1 aliphatic rings. The molecule has 8 heteroatoms. The zero-order valence-electron chi connectivity index (χ0n) is 18.3. The first-order chi connectivity index (χ1) is 15.6. The fraction of sp³-hybridized carbons (Fsp3) is 0.480. The van der Waals surface area contributed by atoms with Crippen molar-refractivity contribution in [1.82, 2.24) is 0 Å². The molecule has 0 aliphatic heterocycles. The Labute approximate surface area is 189 Å². The molecule has 1 saturated carbocycles. The second-order valence-electron chi connectivity index (χ2n) is 8.35. The molecule has 0 atom stereocenters. The zero-order valence-corrected chi connectivity index (χ0v) is 18.3. The Morgan fingerprint density at radius 3 is 2.00 bits per heavy atom. The standard InChI is InChI=1S/C25H27F5O3/c1-2-3-16-32-21-12-14-22(15-13-21)33-23(31)19-6-4-17(5-7-19)18-8-10-20(11-9-18)24(26,27)25(28,29)30/h4-7,12-15,18,20H,2-3,8-11,16H2,1H3. The van der Waals surface area contributed by atoms with E-state index >= 15 is 0 Å². The molecule has 0 amide bonds. The fourth-order valence-corrected chi connectivity index (χ4v) is 4.02. The normalized spacial score (nSPS) is 19.2. The molecule has 180 valence electrons. The maximum Gasteiger partial charge on any atom is 0.453 e. The van der Waals surface area contributed by atoms with Crippen molar-refractivity contribution in [2.75, 3.05) is 6.61 Å². The van der Waals surface area contributed by atoms with Gasteiger partial charge in [0.25, 0.3) is 0 Å². The summed E-state index contributed by atoms with van der Waals surface area (Å²) in [5, 5.41) is 0. The van der Waals surface area contributed by atoms with Crippen LogP contribution < -0.4 is 9.47 Å². The van der Waals surface area contributed by atoms with Crippen LogP contribution in [0.1, 0.15) is 67.3 Å². The molecule has 2 aromatic rings. The van der Waals surface area contributed by atoms with Gasteiger partial charge in [0.05, 0.1) is 12.2 Å². The van der Waals surface area contributed by atoms with Crippen LogP contribution in [0.4, 0.5) is 22.0 Å². The summed E-state index contributed by atoms with van der Waals surface area (Å²) in [5.74, 6) is -5.95. The smallest absolute Gasteiger partial charge is 0.453 e. The number of halogens is 5. The van der Waals surface area contributed by atoms with Crippen LogP contribution in [0.2, 0.25) is 0 Å². The van der Waals surface area contributed by atoms with Crippen molar-refractivity contribution >= 4 is 5.97 Å². The molecular weight excluding hydrogens is 443 g/mol.